The van der Waals surface area contributed by atoms with Gasteiger partial charge in [0.1, 0.15) is 11.5 Å². The molecule has 28 heavy (non-hydrogen) atoms. The number of aliphatic carboxylic acids is 1. The topological polar surface area (TPSA) is 55.8 Å². The third-order valence-corrected chi connectivity index (χ3v) is 5.12. The summed E-state index contributed by atoms with van der Waals surface area (Å²) in [6, 6.07) is 8.04. The fourth-order valence-corrected chi connectivity index (χ4v) is 3.52. The van der Waals surface area contributed by atoms with Crippen molar-refractivity contribution < 1.29 is 32.5 Å². The molecule has 1 aliphatic rings. The van der Waals surface area contributed by atoms with Crippen molar-refractivity contribution in [1.29, 1.82) is 0 Å². The zero-order valence-electron chi connectivity index (χ0n) is 14.0. The van der Waals surface area contributed by atoms with Crippen LogP contribution in [0.5, 0.6) is 17.2 Å². The van der Waals surface area contributed by atoms with Crippen molar-refractivity contribution in [2.75, 3.05) is 6.26 Å². The number of carboxylic acid groups (broad SMARTS) is 1. The van der Waals surface area contributed by atoms with Crippen LogP contribution in [0.25, 0.3) is 6.08 Å². The van der Waals surface area contributed by atoms with Gasteiger partial charge in [-0.1, -0.05) is 23.2 Å². The molecule has 0 aromatic heterocycles. The molecule has 4 nitrogen and oxygen atoms in total. The molecule has 0 radical (unpaired) electrons. The Morgan fingerprint density at radius 1 is 1.21 bits per heavy atom. The maximum Gasteiger partial charge on any atom is 0.430 e. The van der Waals surface area contributed by atoms with Crippen LogP contribution in [0.4, 0.5) is 13.2 Å². The lowest BCUT2D eigenvalue weighted by Crippen LogP contribution is -2.40. The maximum absolute atomic E-state index is 13.2. The molecule has 3 rings (SSSR count). The van der Waals surface area contributed by atoms with Crippen molar-refractivity contribution in [2.24, 2.45) is 0 Å². The smallest absolute Gasteiger partial charge is 0.430 e. The van der Waals surface area contributed by atoms with Gasteiger partial charge in [0.2, 0.25) is 6.10 Å². The van der Waals surface area contributed by atoms with Gasteiger partial charge in [-0.25, -0.2) is 4.79 Å². The van der Waals surface area contributed by atoms with E-state index in [4.69, 9.17) is 32.7 Å². The Hall–Kier alpha value is -2.03. The normalized spacial score (nSPS) is 16.1. The van der Waals surface area contributed by atoms with E-state index in [2.05, 4.69) is 0 Å². The Kier molecular flexibility index (Phi) is 5.74. The summed E-state index contributed by atoms with van der Waals surface area (Å²) in [5, 5.41) is 9.02. The third-order valence-electron chi connectivity index (χ3n) is 3.82. The molecular formula is C18H11Cl2F3O4S. The summed E-state index contributed by atoms with van der Waals surface area (Å²) < 4.78 is 50.4. The number of carbonyl (C=O) groups is 1. The summed E-state index contributed by atoms with van der Waals surface area (Å²) in [4.78, 5) is 12.3. The molecule has 0 bridgehead atoms. The number of hydrogen-bond acceptors (Lipinski definition) is 4. The molecule has 1 aliphatic heterocycles. The second-order valence-corrected chi connectivity index (χ2v) is 7.33. The van der Waals surface area contributed by atoms with E-state index in [1.54, 1.807) is 24.3 Å². The van der Waals surface area contributed by atoms with E-state index in [0.29, 0.717) is 5.75 Å². The number of carboxylic acids is 1. The number of fused-ring (bicyclic) bond motifs is 1. The van der Waals surface area contributed by atoms with Gasteiger partial charge in [-0.05, 0) is 42.7 Å². The Balaban J connectivity index is 2.12. The van der Waals surface area contributed by atoms with Crippen LogP contribution in [0.1, 0.15) is 5.56 Å². The van der Waals surface area contributed by atoms with Gasteiger partial charge in [-0.2, -0.15) is 13.2 Å². The number of halogens is 5. The Labute approximate surface area is 171 Å². The molecule has 1 unspecified atom stereocenters. The van der Waals surface area contributed by atoms with E-state index in [1.165, 1.54) is 17.8 Å². The van der Waals surface area contributed by atoms with Crippen molar-refractivity contribution >= 4 is 47.0 Å². The first-order valence-electron chi connectivity index (χ1n) is 7.64. The molecule has 1 heterocycles. The zero-order chi connectivity index (χ0) is 20.6. The first kappa shape index (κ1) is 20.7. The second kappa shape index (κ2) is 7.77. The Morgan fingerprint density at radius 3 is 2.39 bits per heavy atom. The fourth-order valence-electron chi connectivity index (χ4n) is 2.55. The summed E-state index contributed by atoms with van der Waals surface area (Å²) in [5.74, 6) is -1.83. The molecule has 2 aromatic carbocycles. The van der Waals surface area contributed by atoms with Gasteiger partial charge < -0.3 is 14.6 Å². The number of rotatable bonds is 4. The van der Waals surface area contributed by atoms with Gasteiger partial charge in [0, 0.05) is 4.90 Å². The third kappa shape index (κ3) is 4.04. The SMILES string of the molecule is CSc1ccc(Oc2c(Cl)cc(Cl)c3c2C=C(C(=O)O)C(C(F)(F)F)O3)cc1. The van der Waals surface area contributed by atoms with Crippen LogP contribution in [-0.4, -0.2) is 29.6 Å². The van der Waals surface area contributed by atoms with Crippen LogP contribution in [0.3, 0.4) is 0 Å². The van der Waals surface area contributed by atoms with Crippen LogP contribution in [0, 0.1) is 0 Å². The van der Waals surface area contributed by atoms with Crippen molar-refractivity contribution in [3.05, 3.63) is 51.5 Å². The quantitative estimate of drug-likeness (QED) is 0.553. The van der Waals surface area contributed by atoms with Gasteiger partial charge in [-0.15, -0.1) is 11.8 Å². The highest BCUT2D eigenvalue weighted by molar-refractivity contribution is 7.98. The van der Waals surface area contributed by atoms with Crippen LogP contribution in [-0.2, 0) is 4.79 Å². The van der Waals surface area contributed by atoms with Crippen LogP contribution < -0.4 is 9.47 Å². The second-order valence-electron chi connectivity index (χ2n) is 5.63. The minimum absolute atomic E-state index is 0.00672. The average molecular weight is 451 g/mol. The highest BCUT2D eigenvalue weighted by Gasteiger charge is 2.49. The molecule has 1 atom stereocenters. The average Bonchev–Trinajstić information content (AvgIpc) is 2.63. The highest BCUT2D eigenvalue weighted by atomic mass is 35.5. The Bertz CT molecular complexity index is 959. The van der Waals surface area contributed by atoms with E-state index in [-0.39, 0.29) is 27.1 Å². The van der Waals surface area contributed by atoms with E-state index in [9.17, 15) is 23.1 Å². The molecule has 10 heteroatoms. The van der Waals surface area contributed by atoms with Crippen molar-refractivity contribution in [3.8, 4) is 17.2 Å². The Morgan fingerprint density at radius 2 is 1.86 bits per heavy atom. The van der Waals surface area contributed by atoms with E-state index < -0.39 is 23.8 Å². The molecule has 0 spiro atoms. The molecule has 0 amide bonds. The molecule has 0 saturated carbocycles. The summed E-state index contributed by atoms with van der Waals surface area (Å²) >= 11 is 13.7. The standard InChI is InChI=1S/C18H11Cl2F3O4S/c1-28-9-4-2-8(3-5-9)26-14-10-6-11(17(24)25)16(18(21,22)23)27-15(10)13(20)7-12(14)19/h2-7,16H,1H3,(H,24,25). The monoisotopic (exact) mass is 450 g/mol. The highest BCUT2D eigenvalue weighted by Crippen LogP contribution is 2.48. The molecule has 0 fully saturated rings. The minimum atomic E-state index is -4.94. The number of thioether (sulfide) groups is 1. The van der Waals surface area contributed by atoms with Crippen molar-refractivity contribution in [1.82, 2.24) is 0 Å². The van der Waals surface area contributed by atoms with Crippen LogP contribution in [0.15, 0.2) is 40.8 Å². The van der Waals surface area contributed by atoms with Crippen LogP contribution in [0.2, 0.25) is 10.0 Å². The summed E-state index contributed by atoms with van der Waals surface area (Å²) in [5.41, 5.74) is -1.08. The summed E-state index contributed by atoms with van der Waals surface area (Å²) in [6.45, 7) is 0. The van der Waals surface area contributed by atoms with E-state index >= 15 is 0 Å². The predicted molar refractivity (Wildman–Crippen MR) is 101 cm³/mol. The zero-order valence-corrected chi connectivity index (χ0v) is 16.3. The number of hydrogen-bond donors (Lipinski definition) is 1. The first-order valence-corrected chi connectivity index (χ1v) is 9.62. The number of ether oxygens (including phenoxy) is 2. The van der Waals surface area contributed by atoms with Gasteiger partial charge in [0.05, 0.1) is 21.2 Å². The van der Waals surface area contributed by atoms with Crippen LogP contribution >= 0.6 is 35.0 Å². The predicted octanol–water partition coefficient (Wildman–Crippen LogP) is 6.30. The van der Waals surface area contributed by atoms with E-state index in [1.807, 2.05) is 6.26 Å². The van der Waals surface area contributed by atoms with Gasteiger partial charge in [0.25, 0.3) is 0 Å². The largest absolute Gasteiger partial charge is 0.478 e. The van der Waals surface area contributed by atoms with Gasteiger partial charge >= 0.3 is 12.1 Å². The fraction of sp³-hybridized carbons (Fsp3) is 0.167. The summed E-state index contributed by atoms with van der Waals surface area (Å²) in [7, 11) is 0. The maximum atomic E-state index is 13.2. The first-order chi connectivity index (χ1) is 13.1. The molecule has 0 aliphatic carbocycles. The molecule has 1 N–H and O–H groups in total. The molecule has 0 saturated heterocycles. The molecule has 2 aromatic rings. The minimum Gasteiger partial charge on any atom is -0.478 e. The lowest BCUT2D eigenvalue weighted by molar-refractivity contribution is -0.187. The molecule has 148 valence electrons. The number of benzene rings is 2. The lowest BCUT2D eigenvalue weighted by Gasteiger charge is -2.28. The van der Waals surface area contributed by atoms with Gasteiger partial charge in [-0.3, -0.25) is 0 Å². The van der Waals surface area contributed by atoms with Gasteiger partial charge in [0.15, 0.2) is 5.75 Å². The van der Waals surface area contributed by atoms with Crippen molar-refractivity contribution in [2.45, 2.75) is 17.2 Å². The number of alkyl halides is 3. The van der Waals surface area contributed by atoms with Crippen molar-refractivity contribution in [3.63, 3.8) is 0 Å². The van der Waals surface area contributed by atoms with E-state index in [0.717, 1.165) is 11.0 Å². The molecular weight excluding hydrogens is 440 g/mol. The summed E-state index contributed by atoms with van der Waals surface area (Å²) in [6.07, 6.45) is -4.89. The lowest BCUT2D eigenvalue weighted by atomic mass is 10.0.